The Hall–Kier alpha value is -3.02. The second kappa shape index (κ2) is 12.4. The van der Waals surface area contributed by atoms with Crippen LogP contribution in [0.5, 0.6) is 11.5 Å². The van der Waals surface area contributed by atoms with Crippen molar-refractivity contribution in [3.05, 3.63) is 47.5 Å². The average molecular weight is 465 g/mol. The lowest BCUT2D eigenvalue weighted by atomic mass is 9.91. The van der Waals surface area contributed by atoms with Crippen LogP contribution in [0.3, 0.4) is 0 Å². The van der Waals surface area contributed by atoms with Crippen molar-refractivity contribution in [3.63, 3.8) is 0 Å². The van der Waals surface area contributed by atoms with Gasteiger partial charge < -0.3 is 20.0 Å². The van der Waals surface area contributed by atoms with Crippen LogP contribution in [0.2, 0.25) is 0 Å². The van der Waals surface area contributed by atoms with Gasteiger partial charge in [0.05, 0.1) is 12.1 Å². The Morgan fingerprint density at radius 2 is 1.09 bits per heavy atom. The summed E-state index contributed by atoms with van der Waals surface area (Å²) in [4.78, 5) is 14.1. The summed E-state index contributed by atoms with van der Waals surface area (Å²) in [6, 6.07) is 11.7. The Labute approximate surface area is 204 Å². The zero-order valence-corrected chi connectivity index (χ0v) is 21.1. The molecule has 1 saturated carbocycles. The van der Waals surface area contributed by atoms with E-state index in [0.717, 1.165) is 74.4 Å². The summed E-state index contributed by atoms with van der Waals surface area (Å²) < 4.78 is 0. The zero-order chi connectivity index (χ0) is 24.5. The zero-order valence-electron chi connectivity index (χ0n) is 21.1. The van der Waals surface area contributed by atoms with E-state index in [1.807, 2.05) is 36.4 Å². The topological polar surface area (TPSA) is 71.7 Å². The predicted molar refractivity (Wildman–Crippen MR) is 145 cm³/mol. The van der Waals surface area contributed by atoms with E-state index < -0.39 is 0 Å². The van der Waals surface area contributed by atoms with Crippen molar-refractivity contribution in [1.29, 1.82) is 0 Å². The normalized spacial score (nSPS) is 18.6. The molecule has 2 atom stereocenters. The van der Waals surface area contributed by atoms with Crippen molar-refractivity contribution in [2.45, 2.75) is 65.5 Å². The van der Waals surface area contributed by atoms with Gasteiger partial charge in [-0.1, -0.05) is 12.8 Å². The molecule has 2 N–H and O–H groups in total. The lowest BCUT2D eigenvalue weighted by Crippen LogP contribution is -2.27. The summed E-state index contributed by atoms with van der Waals surface area (Å²) in [5.74, 6) is 0.504. The predicted octanol–water partition coefficient (Wildman–Crippen LogP) is 5.64. The van der Waals surface area contributed by atoms with Gasteiger partial charge in [0, 0.05) is 73.2 Å². The number of anilines is 2. The molecule has 0 unspecified atom stereocenters. The van der Waals surface area contributed by atoms with Crippen molar-refractivity contribution in [3.8, 4) is 11.5 Å². The van der Waals surface area contributed by atoms with E-state index >= 15 is 0 Å². The Balaban J connectivity index is 1.72. The minimum atomic E-state index is 0.0731. The summed E-state index contributed by atoms with van der Waals surface area (Å²) in [5.41, 5.74) is 3.50. The quantitative estimate of drug-likeness (QED) is 0.447. The third-order valence-corrected chi connectivity index (χ3v) is 6.79. The number of benzene rings is 2. The second-order valence-electron chi connectivity index (χ2n) is 8.81. The van der Waals surface area contributed by atoms with Gasteiger partial charge in [0.15, 0.2) is 0 Å². The molecule has 0 spiro atoms. The van der Waals surface area contributed by atoms with Crippen LogP contribution in [0.1, 0.15) is 64.5 Å². The maximum atomic E-state index is 10.5. The molecular weight excluding hydrogens is 424 g/mol. The van der Waals surface area contributed by atoms with E-state index in [4.69, 9.17) is 9.98 Å². The Kier molecular flexibility index (Phi) is 9.37. The number of phenolic OH excluding ortho intramolecular Hbond substituents is 2. The molecule has 0 radical (unpaired) electrons. The maximum Gasteiger partial charge on any atom is 0.126 e. The standard InChI is InChI=1S/C28H40N4O2/c1-5-31(6-2)23-15-13-21(27(33)17-23)19-29-25-11-9-10-12-26(25)30-20-22-14-16-24(18-28(22)34)32(7-3)8-4/h13-20,25-26,33-34H,5-12H2,1-4H3/t25-,26-/m0/s1. The van der Waals surface area contributed by atoms with Crippen molar-refractivity contribution in [1.82, 2.24) is 0 Å². The van der Waals surface area contributed by atoms with Gasteiger partial charge in [0.25, 0.3) is 0 Å². The van der Waals surface area contributed by atoms with Crippen LogP contribution in [0.25, 0.3) is 0 Å². The number of aliphatic imine (C=N–C) groups is 2. The van der Waals surface area contributed by atoms with Crippen LogP contribution in [-0.4, -0.2) is 60.9 Å². The highest BCUT2D eigenvalue weighted by Crippen LogP contribution is 2.28. The fourth-order valence-electron chi connectivity index (χ4n) is 4.64. The first-order valence-corrected chi connectivity index (χ1v) is 12.7. The molecule has 0 amide bonds. The van der Waals surface area contributed by atoms with Crippen molar-refractivity contribution < 1.29 is 10.2 Å². The molecule has 6 heteroatoms. The van der Waals surface area contributed by atoms with Gasteiger partial charge in [-0.2, -0.15) is 0 Å². The van der Waals surface area contributed by atoms with Crippen molar-refractivity contribution in [2.24, 2.45) is 9.98 Å². The lowest BCUT2D eigenvalue weighted by molar-refractivity contribution is 0.390. The molecule has 2 aromatic carbocycles. The molecule has 1 fully saturated rings. The molecule has 3 rings (SSSR count). The number of nitrogens with zero attached hydrogens (tertiary/aromatic N) is 4. The molecule has 0 aliphatic heterocycles. The Bertz CT molecular complexity index is 901. The maximum absolute atomic E-state index is 10.5. The first kappa shape index (κ1) is 25.6. The monoisotopic (exact) mass is 464 g/mol. The molecule has 0 saturated heterocycles. The lowest BCUT2D eigenvalue weighted by Gasteiger charge is -2.25. The number of hydrogen-bond donors (Lipinski definition) is 2. The number of phenols is 2. The second-order valence-corrected chi connectivity index (χ2v) is 8.81. The van der Waals surface area contributed by atoms with Crippen molar-refractivity contribution >= 4 is 23.8 Å². The van der Waals surface area contributed by atoms with Gasteiger partial charge in [-0.25, -0.2) is 0 Å². The first-order chi connectivity index (χ1) is 16.5. The summed E-state index contributed by atoms with van der Waals surface area (Å²) >= 11 is 0. The molecule has 34 heavy (non-hydrogen) atoms. The SMILES string of the molecule is CCN(CC)c1ccc(C=N[C@H]2CCCC[C@@H]2N=Cc2ccc(N(CC)CC)cc2O)c(O)c1. The Morgan fingerprint density at radius 3 is 1.41 bits per heavy atom. The minimum absolute atomic E-state index is 0.0731. The van der Waals surface area contributed by atoms with Crippen LogP contribution in [0, 0.1) is 0 Å². The molecule has 0 bridgehead atoms. The van der Waals surface area contributed by atoms with Crippen LogP contribution < -0.4 is 9.80 Å². The summed E-state index contributed by atoms with van der Waals surface area (Å²) in [6.07, 6.45) is 7.79. The molecular formula is C28H40N4O2. The number of hydrogen-bond acceptors (Lipinski definition) is 6. The van der Waals surface area contributed by atoms with Crippen LogP contribution in [0.15, 0.2) is 46.4 Å². The van der Waals surface area contributed by atoms with Gasteiger partial charge in [0.1, 0.15) is 11.5 Å². The molecule has 1 aliphatic carbocycles. The van der Waals surface area contributed by atoms with Gasteiger partial charge in [-0.3, -0.25) is 9.98 Å². The van der Waals surface area contributed by atoms with Gasteiger partial charge >= 0.3 is 0 Å². The highest BCUT2D eigenvalue weighted by atomic mass is 16.3. The summed E-state index contributed by atoms with van der Waals surface area (Å²) in [5, 5.41) is 21.1. The van der Waals surface area contributed by atoms with Gasteiger partial charge in [0.2, 0.25) is 0 Å². The van der Waals surface area contributed by atoms with Gasteiger partial charge in [-0.15, -0.1) is 0 Å². The fourth-order valence-corrected chi connectivity index (χ4v) is 4.64. The third-order valence-electron chi connectivity index (χ3n) is 6.79. The molecule has 184 valence electrons. The highest BCUT2D eigenvalue weighted by Gasteiger charge is 2.23. The molecule has 6 nitrogen and oxygen atoms in total. The van der Waals surface area contributed by atoms with E-state index in [1.165, 1.54) is 0 Å². The van der Waals surface area contributed by atoms with E-state index in [1.54, 1.807) is 12.4 Å². The van der Waals surface area contributed by atoms with Gasteiger partial charge in [-0.05, 0) is 64.8 Å². The molecule has 2 aromatic rings. The fraction of sp³-hybridized carbons (Fsp3) is 0.500. The van der Waals surface area contributed by atoms with Crippen LogP contribution in [-0.2, 0) is 0 Å². The van der Waals surface area contributed by atoms with Crippen LogP contribution in [0.4, 0.5) is 11.4 Å². The Morgan fingerprint density at radius 1 is 0.706 bits per heavy atom. The number of rotatable bonds is 10. The van der Waals surface area contributed by atoms with E-state index in [9.17, 15) is 10.2 Å². The van der Waals surface area contributed by atoms with E-state index in [2.05, 4.69) is 37.5 Å². The summed E-state index contributed by atoms with van der Waals surface area (Å²) in [7, 11) is 0. The molecule has 1 aliphatic rings. The summed E-state index contributed by atoms with van der Waals surface area (Å²) in [6.45, 7) is 12.0. The molecule has 0 aromatic heterocycles. The van der Waals surface area contributed by atoms with Crippen molar-refractivity contribution in [2.75, 3.05) is 36.0 Å². The number of aromatic hydroxyl groups is 2. The largest absolute Gasteiger partial charge is 0.507 e. The van der Waals surface area contributed by atoms with E-state index in [-0.39, 0.29) is 23.6 Å². The van der Waals surface area contributed by atoms with Crippen LogP contribution >= 0.6 is 0 Å². The average Bonchev–Trinajstić information content (AvgIpc) is 2.85. The smallest absolute Gasteiger partial charge is 0.126 e. The first-order valence-electron chi connectivity index (χ1n) is 12.7. The third kappa shape index (κ3) is 6.31. The van der Waals surface area contributed by atoms with E-state index in [0.29, 0.717) is 0 Å². The molecule has 0 heterocycles. The minimum Gasteiger partial charge on any atom is -0.507 e. The highest BCUT2D eigenvalue weighted by molar-refractivity contribution is 5.85.